The molecule has 0 unspecified atom stereocenters. The number of carbonyl (C=O) groups excluding carboxylic acids is 1. The van der Waals surface area contributed by atoms with Crippen LogP contribution in [0.2, 0.25) is 0 Å². The van der Waals surface area contributed by atoms with E-state index in [-0.39, 0.29) is 24.0 Å². The summed E-state index contributed by atoms with van der Waals surface area (Å²) in [6.45, 7) is 3.01. The number of ether oxygens (including phenoxy) is 2. The highest BCUT2D eigenvalue weighted by Crippen LogP contribution is 2.35. The predicted molar refractivity (Wildman–Crippen MR) is 128 cm³/mol. The quantitative estimate of drug-likeness (QED) is 0.310. The minimum Gasteiger partial charge on any atom is -0.454 e. The van der Waals surface area contributed by atoms with E-state index < -0.39 is 0 Å². The lowest BCUT2D eigenvalue weighted by molar-refractivity contribution is -0.118. The van der Waals surface area contributed by atoms with Gasteiger partial charge in [0.05, 0.1) is 11.1 Å². The van der Waals surface area contributed by atoms with Crippen molar-refractivity contribution in [1.29, 1.82) is 0 Å². The molecule has 1 N–H and O–H groups in total. The predicted octanol–water partition coefficient (Wildman–Crippen LogP) is 4.34. The molecule has 164 valence electrons. The zero-order valence-electron chi connectivity index (χ0n) is 17.1. The van der Waals surface area contributed by atoms with Gasteiger partial charge in [0.2, 0.25) is 12.7 Å². The first-order valence-corrected chi connectivity index (χ1v) is 12.7. The maximum Gasteiger partial charge on any atom is 0.263 e. The van der Waals surface area contributed by atoms with Gasteiger partial charge in [-0.1, -0.05) is 23.9 Å². The van der Waals surface area contributed by atoms with Crippen LogP contribution in [0, 0.1) is 0 Å². The summed E-state index contributed by atoms with van der Waals surface area (Å²) in [5.41, 5.74) is 1.79. The molecule has 0 saturated heterocycles. The van der Waals surface area contributed by atoms with Crippen LogP contribution in [0.25, 0.3) is 20.7 Å². The molecule has 5 rings (SSSR count). The monoisotopic (exact) mass is 485 g/mol. The van der Waals surface area contributed by atoms with Crippen LogP contribution in [0.3, 0.4) is 0 Å². The highest BCUT2D eigenvalue weighted by Gasteiger charge is 2.18. The Bertz CT molecular complexity index is 1340. The highest BCUT2D eigenvalue weighted by atomic mass is 32.2. The summed E-state index contributed by atoms with van der Waals surface area (Å²) in [7, 11) is 0. The second-order valence-corrected chi connectivity index (χ2v) is 9.75. The van der Waals surface area contributed by atoms with E-state index in [2.05, 4.69) is 5.32 Å². The lowest BCUT2D eigenvalue weighted by atomic mass is 10.2. The molecule has 0 saturated carbocycles. The molecule has 1 aliphatic rings. The fraction of sp³-hybridized carbons (Fsp3) is 0.227. The Kier molecular flexibility index (Phi) is 5.90. The molecule has 0 aliphatic carbocycles. The third-order valence-electron chi connectivity index (χ3n) is 5.02. The summed E-state index contributed by atoms with van der Waals surface area (Å²) in [6, 6.07) is 9.58. The number of aromatic nitrogens is 2. The minimum absolute atomic E-state index is 0.0644. The van der Waals surface area contributed by atoms with Crippen LogP contribution < -0.4 is 20.3 Å². The summed E-state index contributed by atoms with van der Waals surface area (Å²) in [6.07, 6.45) is 0. The Labute approximate surface area is 196 Å². The first-order chi connectivity index (χ1) is 15.6. The molecular weight excluding hydrogens is 466 g/mol. The Hall–Kier alpha value is -2.82. The van der Waals surface area contributed by atoms with Crippen molar-refractivity contribution in [1.82, 2.24) is 14.9 Å². The molecular formula is C22H19N3O4S3. The summed E-state index contributed by atoms with van der Waals surface area (Å²) < 4.78 is 12.3. The number of rotatable bonds is 7. The lowest BCUT2D eigenvalue weighted by Crippen LogP contribution is -2.26. The fourth-order valence-electron chi connectivity index (χ4n) is 3.44. The van der Waals surface area contributed by atoms with E-state index >= 15 is 0 Å². The third-order valence-corrected chi connectivity index (χ3v) is 7.77. The minimum atomic E-state index is -0.130. The number of fused-ring (bicyclic) bond motifs is 2. The molecule has 3 aromatic heterocycles. The summed E-state index contributed by atoms with van der Waals surface area (Å²) in [4.78, 5) is 32.1. The number of thiophene rings is 2. The van der Waals surface area contributed by atoms with E-state index in [0.29, 0.717) is 40.0 Å². The molecule has 0 atom stereocenters. The number of hydrogen-bond acceptors (Lipinski definition) is 8. The van der Waals surface area contributed by atoms with Crippen molar-refractivity contribution in [2.75, 3.05) is 12.5 Å². The van der Waals surface area contributed by atoms with E-state index in [9.17, 15) is 9.59 Å². The second-order valence-electron chi connectivity index (χ2n) is 7.00. The van der Waals surface area contributed by atoms with Crippen molar-refractivity contribution < 1.29 is 14.3 Å². The summed E-state index contributed by atoms with van der Waals surface area (Å²) in [5, 5.41) is 8.09. The van der Waals surface area contributed by atoms with E-state index in [0.717, 1.165) is 16.0 Å². The van der Waals surface area contributed by atoms with Gasteiger partial charge in [-0.15, -0.1) is 22.7 Å². The smallest absolute Gasteiger partial charge is 0.263 e. The zero-order chi connectivity index (χ0) is 22.1. The van der Waals surface area contributed by atoms with Crippen LogP contribution in [0.5, 0.6) is 11.5 Å². The molecule has 0 bridgehead atoms. The molecule has 4 aromatic rings. The molecule has 32 heavy (non-hydrogen) atoms. The van der Waals surface area contributed by atoms with Gasteiger partial charge >= 0.3 is 0 Å². The van der Waals surface area contributed by atoms with E-state index in [1.165, 1.54) is 23.1 Å². The Balaban J connectivity index is 1.29. The van der Waals surface area contributed by atoms with Crippen LogP contribution in [0.1, 0.15) is 12.5 Å². The van der Waals surface area contributed by atoms with Gasteiger partial charge in [-0.3, -0.25) is 14.2 Å². The molecule has 10 heteroatoms. The number of carbonyl (C=O) groups is 1. The molecule has 7 nitrogen and oxygen atoms in total. The van der Waals surface area contributed by atoms with Crippen molar-refractivity contribution in [2.24, 2.45) is 0 Å². The number of nitrogens with zero attached hydrogens (tertiary/aromatic N) is 2. The van der Waals surface area contributed by atoms with Gasteiger partial charge in [0.1, 0.15) is 4.83 Å². The molecule has 0 fully saturated rings. The molecule has 0 radical (unpaired) electrons. The molecule has 4 heterocycles. The zero-order valence-corrected chi connectivity index (χ0v) is 19.6. The van der Waals surface area contributed by atoms with Gasteiger partial charge in [-0.05, 0) is 36.1 Å². The SMILES string of the molecule is CCn1c(SCC(=O)NCc2ccc3c(c2)OCO3)nc2scc(-c3cccs3)c2c1=O. The average molecular weight is 486 g/mol. The van der Waals surface area contributed by atoms with Gasteiger partial charge in [0.15, 0.2) is 16.7 Å². The first-order valence-electron chi connectivity index (χ1n) is 9.98. The van der Waals surface area contributed by atoms with Gasteiger partial charge in [0.25, 0.3) is 5.56 Å². The van der Waals surface area contributed by atoms with Crippen LogP contribution in [0.4, 0.5) is 0 Å². The number of thioether (sulfide) groups is 1. The van der Waals surface area contributed by atoms with Crippen molar-refractivity contribution in [3.63, 3.8) is 0 Å². The average Bonchev–Trinajstić information content (AvgIpc) is 3.56. The largest absolute Gasteiger partial charge is 0.454 e. The van der Waals surface area contributed by atoms with Crippen LogP contribution in [0.15, 0.2) is 51.0 Å². The molecule has 1 aliphatic heterocycles. The van der Waals surface area contributed by atoms with Gasteiger partial charge in [-0.2, -0.15) is 0 Å². The van der Waals surface area contributed by atoms with Crippen molar-refractivity contribution in [3.8, 4) is 21.9 Å². The fourth-order valence-corrected chi connectivity index (χ4v) is 6.14. The molecule has 1 amide bonds. The van der Waals surface area contributed by atoms with Crippen LogP contribution >= 0.6 is 34.4 Å². The van der Waals surface area contributed by atoms with Crippen molar-refractivity contribution in [3.05, 3.63) is 57.0 Å². The Morgan fingerprint density at radius 2 is 2.12 bits per heavy atom. The van der Waals surface area contributed by atoms with E-state index in [1.807, 2.05) is 48.0 Å². The number of nitrogens with one attached hydrogen (secondary N) is 1. The van der Waals surface area contributed by atoms with E-state index in [1.54, 1.807) is 15.9 Å². The summed E-state index contributed by atoms with van der Waals surface area (Å²) >= 11 is 4.34. The van der Waals surface area contributed by atoms with Gasteiger partial charge in [-0.25, -0.2) is 4.98 Å². The summed E-state index contributed by atoms with van der Waals surface area (Å²) in [5.74, 6) is 1.44. The topological polar surface area (TPSA) is 82.5 Å². The second kappa shape index (κ2) is 8.97. The van der Waals surface area contributed by atoms with Crippen LogP contribution in [-0.2, 0) is 17.9 Å². The van der Waals surface area contributed by atoms with Crippen LogP contribution in [-0.4, -0.2) is 28.0 Å². The van der Waals surface area contributed by atoms with Crippen molar-refractivity contribution >= 4 is 50.6 Å². The Morgan fingerprint density at radius 1 is 1.25 bits per heavy atom. The van der Waals surface area contributed by atoms with Gasteiger partial charge in [0, 0.05) is 28.9 Å². The number of amides is 1. The standard InChI is InChI=1S/C22H19N3O4S3/c1-2-25-21(27)19-14(17-4-3-7-30-17)10-31-20(19)24-22(25)32-11-18(26)23-9-13-5-6-15-16(8-13)29-12-28-15/h3-8,10H,2,9,11-12H2,1H3,(H,23,26). The Morgan fingerprint density at radius 3 is 2.94 bits per heavy atom. The first kappa shape index (κ1) is 21.0. The normalized spacial score (nSPS) is 12.4. The van der Waals surface area contributed by atoms with E-state index in [4.69, 9.17) is 14.5 Å². The maximum absolute atomic E-state index is 13.2. The van der Waals surface area contributed by atoms with Crippen molar-refractivity contribution in [2.45, 2.75) is 25.2 Å². The number of hydrogen-bond donors (Lipinski definition) is 1. The highest BCUT2D eigenvalue weighted by molar-refractivity contribution is 7.99. The maximum atomic E-state index is 13.2. The third kappa shape index (κ3) is 4.01. The lowest BCUT2D eigenvalue weighted by Gasteiger charge is -2.10. The molecule has 1 aromatic carbocycles. The van der Waals surface area contributed by atoms with Gasteiger partial charge < -0.3 is 14.8 Å². The molecule has 0 spiro atoms. The number of benzene rings is 1.